The average Bonchev–Trinajstić information content (AvgIpc) is 3.47. The van der Waals surface area contributed by atoms with Crippen molar-refractivity contribution in [3.8, 4) is 0 Å². The Bertz CT molecular complexity index is 1400. The number of hydrogen-bond acceptors (Lipinski definition) is 6. The molecule has 0 spiro atoms. The van der Waals surface area contributed by atoms with Crippen molar-refractivity contribution in [2.45, 2.75) is 50.7 Å². The van der Waals surface area contributed by atoms with Gasteiger partial charge in [-0.15, -0.1) is 23.7 Å². The van der Waals surface area contributed by atoms with Gasteiger partial charge >= 0.3 is 0 Å². The molecule has 208 valence electrons. The van der Waals surface area contributed by atoms with Crippen molar-refractivity contribution in [1.29, 1.82) is 0 Å². The molecule has 3 atom stereocenters. The molecule has 0 radical (unpaired) electrons. The van der Waals surface area contributed by atoms with E-state index in [1.807, 2.05) is 17.0 Å². The summed E-state index contributed by atoms with van der Waals surface area (Å²) >= 11 is 7.54. The van der Waals surface area contributed by atoms with Crippen LogP contribution in [0.5, 0.6) is 0 Å². The summed E-state index contributed by atoms with van der Waals surface area (Å²) in [5.74, 6) is -0.502. The van der Waals surface area contributed by atoms with Gasteiger partial charge in [0.15, 0.2) is 5.01 Å². The van der Waals surface area contributed by atoms with Crippen LogP contribution in [-0.4, -0.2) is 76.3 Å². The molecule has 3 amide bonds. The van der Waals surface area contributed by atoms with Gasteiger partial charge in [-0.2, -0.15) is 0 Å². The second-order valence-electron chi connectivity index (χ2n) is 10.6. The fourth-order valence-corrected chi connectivity index (χ4v) is 6.92. The molecule has 3 N–H and O–H groups in total. The summed E-state index contributed by atoms with van der Waals surface area (Å²) in [5, 5.41) is 8.16. The highest BCUT2D eigenvalue weighted by Gasteiger charge is 2.39. The first-order valence-corrected chi connectivity index (χ1v) is 14.4. The molecule has 0 unspecified atom stereocenters. The number of hydrogen-bond donors (Lipinski definition) is 3. The normalized spacial score (nSPS) is 22.9. The van der Waals surface area contributed by atoms with E-state index in [-0.39, 0.29) is 48.1 Å². The van der Waals surface area contributed by atoms with Crippen molar-refractivity contribution >= 4 is 64.0 Å². The zero-order valence-electron chi connectivity index (χ0n) is 21.7. The highest BCUT2D eigenvalue weighted by atomic mass is 35.5. The van der Waals surface area contributed by atoms with E-state index in [0.717, 1.165) is 60.5 Å². The first-order chi connectivity index (χ1) is 18.3. The molecule has 1 aliphatic carbocycles. The van der Waals surface area contributed by atoms with Gasteiger partial charge in [0.05, 0.1) is 11.7 Å². The Balaban J connectivity index is 0.00000308. The maximum Gasteiger partial charge on any atom is 0.280 e. The first kappa shape index (κ1) is 27.9. The van der Waals surface area contributed by atoms with E-state index in [1.165, 1.54) is 11.3 Å². The number of thiazole rings is 1. The number of likely N-dealkylation sites (tertiary alicyclic amines) is 1. The third kappa shape index (κ3) is 5.79. The maximum atomic E-state index is 13.3. The smallest absolute Gasteiger partial charge is 0.280 e. The second-order valence-corrected chi connectivity index (χ2v) is 12.2. The number of carbonyl (C=O) groups excluding carboxylic acids is 3. The van der Waals surface area contributed by atoms with Gasteiger partial charge in [-0.25, -0.2) is 4.98 Å². The molecule has 4 heterocycles. The molecule has 9 nitrogen and oxygen atoms in total. The van der Waals surface area contributed by atoms with Gasteiger partial charge in [-0.1, -0.05) is 11.6 Å². The number of carbonyl (C=O) groups is 3. The summed E-state index contributed by atoms with van der Waals surface area (Å²) in [5.41, 5.74) is 2.26. The number of aromatic amines is 1. The van der Waals surface area contributed by atoms with Crippen LogP contribution in [0.15, 0.2) is 24.3 Å². The zero-order valence-corrected chi connectivity index (χ0v) is 24.1. The number of amides is 3. The molecular formula is C27H32Cl2N6O3S. The Kier molecular flexibility index (Phi) is 8.19. The van der Waals surface area contributed by atoms with Gasteiger partial charge in [0.25, 0.3) is 11.8 Å². The number of likely N-dealkylation sites (N-methyl/N-ethyl adjacent to an activating group) is 1. The SMILES string of the molecule is CN1CCc2nc(C(=O)N[C@@H]3C[C@@H](C(=O)N4CCC4)CC[C@@H]3NC(=O)c3cc4cc(Cl)ccc4[nH]3)sc2C1.Cl. The van der Waals surface area contributed by atoms with Gasteiger partial charge in [0.2, 0.25) is 5.91 Å². The van der Waals surface area contributed by atoms with Crippen LogP contribution < -0.4 is 10.6 Å². The minimum absolute atomic E-state index is 0. The third-order valence-corrected chi connectivity index (χ3v) is 9.26. The number of nitrogens with zero attached hydrogens (tertiary/aromatic N) is 3. The number of halogens is 2. The van der Waals surface area contributed by atoms with Crippen LogP contribution >= 0.6 is 35.3 Å². The Morgan fingerprint density at radius 1 is 1.08 bits per heavy atom. The quantitative estimate of drug-likeness (QED) is 0.420. The van der Waals surface area contributed by atoms with Gasteiger partial charge in [0, 0.05) is 65.4 Å². The lowest BCUT2D eigenvalue weighted by Crippen LogP contribution is -2.57. The van der Waals surface area contributed by atoms with Crippen molar-refractivity contribution in [3.63, 3.8) is 0 Å². The minimum atomic E-state index is -0.377. The Morgan fingerprint density at radius 2 is 1.87 bits per heavy atom. The summed E-state index contributed by atoms with van der Waals surface area (Å²) in [6, 6.07) is 6.53. The molecule has 12 heteroatoms. The van der Waals surface area contributed by atoms with Crippen molar-refractivity contribution in [3.05, 3.63) is 50.6 Å². The number of aromatic nitrogens is 2. The molecule has 1 aromatic carbocycles. The average molecular weight is 592 g/mol. The lowest BCUT2D eigenvalue weighted by molar-refractivity contribution is -0.140. The first-order valence-electron chi connectivity index (χ1n) is 13.2. The van der Waals surface area contributed by atoms with E-state index in [1.54, 1.807) is 12.1 Å². The highest BCUT2D eigenvalue weighted by Crippen LogP contribution is 2.30. The molecule has 1 saturated carbocycles. The van der Waals surface area contributed by atoms with Crippen LogP contribution in [0.25, 0.3) is 10.9 Å². The number of benzene rings is 1. The number of fused-ring (bicyclic) bond motifs is 2. The van der Waals surface area contributed by atoms with Gasteiger partial charge in [0.1, 0.15) is 5.69 Å². The lowest BCUT2D eigenvalue weighted by atomic mass is 9.81. The van der Waals surface area contributed by atoms with Gasteiger partial charge in [-0.05, 0) is 57.0 Å². The standard InChI is InChI=1S/C27H31ClN6O3S.ClH/c1-33-10-7-20-23(14-33)38-26(32-20)25(36)31-21-12-15(27(37)34-8-2-9-34)3-5-19(21)30-24(35)22-13-16-11-17(28)4-6-18(16)29-22;/h4,6,11,13,15,19,21,29H,2-3,5,7-10,12,14H2,1H3,(H,30,35)(H,31,36);1H/t15-,19-,21+;/m0./s1. The molecular weight excluding hydrogens is 559 g/mol. The minimum Gasteiger partial charge on any atom is -0.351 e. The molecule has 2 aliphatic heterocycles. The van der Waals surface area contributed by atoms with Crippen molar-refractivity contribution in [2.75, 3.05) is 26.7 Å². The van der Waals surface area contributed by atoms with Crippen LogP contribution in [-0.2, 0) is 17.8 Å². The van der Waals surface area contributed by atoms with Crippen LogP contribution in [0.3, 0.4) is 0 Å². The summed E-state index contributed by atoms with van der Waals surface area (Å²) < 4.78 is 0. The topological polar surface area (TPSA) is 110 Å². The van der Waals surface area contributed by atoms with E-state index >= 15 is 0 Å². The monoisotopic (exact) mass is 590 g/mol. The van der Waals surface area contributed by atoms with Gasteiger partial charge < -0.3 is 25.4 Å². The highest BCUT2D eigenvalue weighted by molar-refractivity contribution is 7.13. The number of H-pyrrole nitrogens is 1. The predicted molar refractivity (Wildman–Crippen MR) is 154 cm³/mol. The zero-order chi connectivity index (χ0) is 26.4. The fourth-order valence-electron chi connectivity index (χ4n) is 5.64. The van der Waals surface area contributed by atoms with E-state index in [9.17, 15) is 14.4 Å². The van der Waals surface area contributed by atoms with E-state index in [2.05, 4.69) is 32.5 Å². The lowest BCUT2D eigenvalue weighted by Gasteiger charge is -2.40. The molecule has 3 aromatic rings. The van der Waals surface area contributed by atoms with Crippen LogP contribution in [0.2, 0.25) is 5.02 Å². The van der Waals surface area contributed by atoms with Gasteiger partial charge in [-0.3, -0.25) is 14.4 Å². The molecule has 2 aromatic heterocycles. The predicted octanol–water partition coefficient (Wildman–Crippen LogP) is 3.62. The Morgan fingerprint density at radius 3 is 2.64 bits per heavy atom. The van der Waals surface area contributed by atoms with E-state index in [0.29, 0.717) is 35.0 Å². The van der Waals surface area contributed by atoms with E-state index in [4.69, 9.17) is 11.6 Å². The van der Waals surface area contributed by atoms with Crippen LogP contribution in [0, 0.1) is 5.92 Å². The maximum absolute atomic E-state index is 13.3. The summed E-state index contributed by atoms with van der Waals surface area (Å²) in [4.78, 5) is 52.6. The Hall–Kier alpha value is -2.66. The summed E-state index contributed by atoms with van der Waals surface area (Å²) in [7, 11) is 2.06. The molecule has 1 saturated heterocycles. The third-order valence-electron chi connectivity index (χ3n) is 7.94. The molecule has 6 rings (SSSR count). The molecule has 39 heavy (non-hydrogen) atoms. The largest absolute Gasteiger partial charge is 0.351 e. The molecule has 2 fully saturated rings. The second kappa shape index (κ2) is 11.4. The number of rotatable bonds is 5. The van der Waals surface area contributed by atoms with E-state index < -0.39 is 0 Å². The molecule has 0 bridgehead atoms. The van der Waals surface area contributed by atoms with Crippen LogP contribution in [0.1, 0.15) is 56.5 Å². The summed E-state index contributed by atoms with van der Waals surface area (Å²) in [6.07, 6.45) is 3.64. The Labute approximate surface area is 242 Å². The van der Waals surface area contributed by atoms with Crippen molar-refractivity contribution < 1.29 is 14.4 Å². The van der Waals surface area contributed by atoms with Crippen molar-refractivity contribution in [2.24, 2.45) is 5.92 Å². The fraction of sp³-hybridized carbons (Fsp3) is 0.481. The molecule has 3 aliphatic rings. The van der Waals surface area contributed by atoms with Crippen molar-refractivity contribution in [1.82, 2.24) is 30.4 Å². The number of nitrogens with one attached hydrogen (secondary N) is 3. The van der Waals surface area contributed by atoms with Crippen LogP contribution in [0.4, 0.5) is 0 Å². The summed E-state index contributed by atoms with van der Waals surface area (Å²) in [6.45, 7) is 3.32.